The lowest BCUT2D eigenvalue weighted by molar-refractivity contribution is -0.116. The second-order valence-electron chi connectivity index (χ2n) is 5.52. The molecular weight excluding hydrogens is 358 g/mol. The fraction of sp³-hybridized carbons (Fsp3) is 0.158. The Hall–Kier alpha value is -2.80. The second-order valence-corrected chi connectivity index (χ2v) is 6.37. The van der Waals surface area contributed by atoms with Crippen LogP contribution in [0.2, 0.25) is 0 Å². The molecule has 1 amide bonds. The zero-order valence-corrected chi connectivity index (χ0v) is 14.8. The van der Waals surface area contributed by atoms with Crippen molar-refractivity contribution in [2.45, 2.75) is 12.8 Å². The molecule has 0 bridgehead atoms. The average molecular weight is 374 g/mol. The van der Waals surface area contributed by atoms with Crippen molar-refractivity contribution in [1.29, 1.82) is 0 Å². The van der Waals surface area contributed by atoms with Crippen molar-refractivity contribution in [2.75, 3.05) is 12.4 Å². The summed E-state index contributed by atoms with van der Waals surface area (Å²) < 4.78 is 31.8. The first kappa shape index (κ1) is 18.0. The van der Waals surface area contributed by atoms with E-state index in [1.807, 2.05) is 29.6 Å². The Morgan fingerprint density at radius 1 is 1.23 bits per heavy atom. The van der Waals surface area contributed by atoms with Gasteiger partial charge in [0.1, 0.15) is 22.4 Å². The highest BCUT2D eigenvalue weighted by atomic mass is 32.1. The molecule has 1 N–H and O–H groups in total. The fourth-order valence-electron chi connectivity index (χ4n) is 2.41. The fourth-order valence-corrected chi connectivity index (χ4v) is 3.30. The standard InChI is InChI=1S/C19H16F2N2O2S/c1-25-17-5-3-2-4-14(17)19-22-13(11-26-19)7-9-18(24)23-16-8-6-12(20)10-15(16)21/h2-6,8,10-11H,7,9H2,1H3,(H,23,24). The van der Waals surface area contributed by atoms with Crippen LogP contribution < -0.4 is 10.1 Å². The third-order valence-electron chi connectivity index (χ3n) is 3.70. The summed E-state index contributed by atoms with van der Waals surface area (Å²) in [6.07, 6.45) is 0.562. The van der Waals surface area contributed by atoms with Crippen LogP contribution in [-0.2, 0) is 11.2 Å². The van der Waals surface area contributed by atoms with E-state index in [4.69, 9.17) is 4.74 Å². The Labute approximate surface area is 153 Å². The van der Waals surface area contributed by atoms with Gasteiger partial charge in [0.25, 0.3) is 0 Å². The highest BCUT2D eigenvalue weighted by molar-refractivity contribution is 7.13. The molecule has 0 saturated carbocycles. The number of hydrogen-bond acceptors (Lipinski definition) is 4. The van der Waals surface area contributed by atoms with Crippen molar-refractivity contribution in [2.24, 2.45) is 0 Å². The maximum Gasteiger partial charge on any atom is 0.224 e. The van der Waals surface area contributed by atoms with Gasteiger partial charge in [-0.25, -0.2) is 13.8 Å². The van der Waals surface area contributed by atoms with E-state index < -0.39 is 11.6 Å². The molecule has 2 aromatic carbocycles. The summed E-state index contributed by atoms with van der Waals surface area (Å²) in [5, 5.41) is 5.13. The minimum Gasteiger partial charge on any atom is -0.496 e. The van der Waals surface area contributed by atoms with Gasteiger partial charge in [-0.1, -0.05) is 12.1 Å². The molecule has 1 aromatic heterocycles. The van der Waals surface area contributed by atoms with E-state index in [1.54, 1.807) is 7.11 Å². The number of ether oxygens (including phenoxy) is 1. The van der Waals surface area contributed by atoms with Gasteiger partial charge in [0, 0.05) is 17.9 Å². The van der Waals surface area contributed by atoms with E-state index >= 15 is 0 Å². The predicted octanol–water partition coefficient (Wildman–Crippen LogP) is 4.67. The molecule has 26 heavy (non-hydrogen) atoms. The van der Waals surface area contributed by atoms with Gasteiger partial charge in [-0.3, -0.25) is 4.79 Å². The van der Waals surface area contributed by atoms with E-state index in [9.17, 15) is 13.6 Å². The van der Waals surface area contributed by atoms with Gasteiger partial charge in [0.05, 0.1) is 24.1 Å². The predicted molar refractivity (Wildman–Crippen MR) is 97.4 cm³/mol. The summed E-state index contributed by atoms with van der Waals surface area (Å²) in [7, 11) is 1.60. The van der Waals surface area contributed by atoms with Crippen LogP contribution in [0.5, 0.6) is 5.75 Å². The van der Waals surface area contributed by atoms with E-state index in [0.717, 1.165) is 34.1 Å². The number of nitrogens with zero attached hydrogens (tertiary/aromatic N) is 1. The maximum atomic E-state index is 13.6. The van der Waals surface area contributed by atoms with E-state index in [-0.39, 0.29) is 18.0 Å². The van der Waals surface area contributed by atoms with Crippen LogP contribution in [0.4, 0.5) is 14.5 Å². The lowest BCUT2D eigenvalue weighted by Crippen LogP contribution is -2.13. The lowest BCUT2D eigenvalue weighted by atomic mass is 10.2. The third-order valence-corrected chi connectivity index (χ3v) is 4.63. The molecule has 0 radical (unpaired) electrons. The molecule has 3 rings (SSSR count). The highest BCUT2D eigenvalue weighted by Gasteiger charge is 2.12. The number of nitrogens with one attached hydrogen (secondary N) is 1. The zero-order chi connectivity index (χ0) is 18.5. The van der Waals surface area contributed by atoms with Crippen LogP contribution in [-0.4, -0.2) is 18.0 Å². The van der Waals surface area contributed by atoms with Gasteiger partial charge in [-0.15, -0.1) is 11.3 Å². The zero-order valence-electron chi connectivity index (χ0n) is 14.0. The maximum absolute atomic E-state index is 13.6. The molecule has 0 spiro atoms. The molecule has 134 valence electrons. The van der Waals surface area contributed by atoms with E-state index in [2.05, 4.69) is 10.3 Å². The number of anilines is 1. The minimum atomic E-state index is -0.800. The number of carbonyl (C=O) groups excluding carboxylic acids is 1. The van der Waals surface area contributed by atoms with Crippen LogP contribution in [0.1, 0.15) is 12.1 Å². The minimum absolute atomic E-state index is 0.0376. The first-order valence-electron chi connectivity index (χ1n) is 7.89. The van der Waals surface area contributed by atoms with Crippen molar-refractivity contribution < 1.29 is 18.3 Å². The van der Waals surface area contributed by atoms with E-state index in [0.29, 0.717) is 6.42 Å². The van der Waals surface area contributed by atoms with Gasteiger partial charge < -0.3 is 10.1 Å². The number of para-hydroxylation sites is 1. The SMILES string of the molecule is COc1ccccc1-c1nc(CCC(=O)Nc2ccc(F)cc2F)cs1. The van der Waals surface area contributed by atoms with Crippen LogP contribution in [0, 0.1) is 11.6 Å². The van der Waals surface area contributed by atoms with Gasteiger partial charge in [-0.2, -0.15) is 0 Å². The van der Waals surface area contributed by atoms with Crippen LogP contribution in [0.25, 0.3) is 10.6 Å². The number of methoxy groups -OCH3 is 1. The summed E-state index contributed by atoms with van der Waals surface area (Å²) in [6, 6.07) is 10.6. The Bertz CT molecular complexity index is 927. The Balaban J connectivity index is 1.62. The van der Waals surface area contributed by atoms with Gasteiger partial charge in [0.15, 0.2) is 0 Å². The molecule has 0 atom stereocenters. The van der Waals surface area contributed by atoms with Gasteiger partial charge in [-0.05, 0) is 30.7 Å². The summed E-state index contributed by atoms with van der Waals surface area (Å²) in [4.78, 5) is 16.5. The molecule has 0 unspecified atom stereocenters. The highest BCUT2D eigenvalue weighted by Crippen LogP contribution is 2.32. The Kier molecular flexibility index (Phi) is 5.58. The molecule has 7 heteroatoms. The number of aromatic nitrogens is 1. The van der Waals surface area contributed by atoms with Crippen LogP contribution >= 0.6 is 11.3 Å². The third kappa shape index (κ3) is 4.23. The smallest absolute Gasteiger partial charge is 0.224 e. The number of aryl methyl sites for hydroxylation is 1. The second kappa shape index (κ2) is 8.05. The Morgan fingerprint density at radius 2 is 2.04 bits per heavy atom. The number of benzene rings is 2. The van der Waals surface area contributed by atoms with Gasteiger partial charge in [0.2, 0.25) is 5.91 Å². The average Bonchev–Trinajstić information content (AvgIpc) is 3.11. The molecule has 0 fully saturated rings. The summed E-state index contributed by atoms with van der Waals surface area (Å²) in [5.41, 5.74) is 1.62. The normalized spacial score (nSPS) is 10.6. The first-order chi connectivity index (χ1) is 12.6. The van der Waals surface area contributed by atoms with Crippen LogP contribution in [0.15, 0.2) is 47.8 Å². The van der Waals surface area contributed by atoms with Crippen LogP contribution in [0.3, 0.4) is 0 Å². The van der Waals surface area contributed by atoms with Crippen molar-refractivity contribution in [3.8, 4) is 16.3 Å². The van der Waals surface area contributed by atoms with Crippen molar-refractivity contribution in [3.63, 3.8) is 0 Å². The monoisotopic (exact) mass is 374 g/mol. The number of hydrogen-bond donors (Lipinski definition) is 1. The topological polar surface area (TPSA) is 51.2 Å². The molecule has 0 aliphatic rings. The molecular formula is C19H16F2N2O2S. The number of amides is 1. The number of carbonyl (C=O) groups is 1. The largest absolute Gasteiger partial charge is 0.496 e. The first-order valence-corrected chi connectivity index (χ1v) is 8.77. The van der Waals surface area contributed by atoms with Crippen molar-refractivity contribution in [3.05, 3.63) is 65.2 Å². The van der Waals surface area contributed by atoms with Crippen molar-refractivity contribution >= 4 is 22.9 Å². The molecule has 1 heterocycles. The molecule has 3 aromatic rings. The summed E-state index contributed by atoms with van der Waals surface area (Å²) >= 11 is 1.47. The lowest BCUT2D eigenvalue weighted by Gasteiger charge is -2.06. The summed E-state index contributed by atoms with van der Waals surface area (Å²) in [5.74, 6) is -1.11. The number of thiazole rings is 1. The molecule has 4 nitrogen and oxygen atoms in total. The molecule has 0 aliphatic carbocycles. The van der Waals surface area contributed by atoms with E-state index in [1.165, 1.54) is 17.4 Å². The quantitative estimate of drug-likeness (QED) is 0.682. The number of rotatable bonds is 6. The summed E-state index contributed by atoms with van der Waals surface area (Å²) in [6.45, 7) is 0. The Morgan fingerprint density at radius 3 is 2.81 bits per heavy atom. The molecule has 0 aliphatic heterocycles. The van der Waals surface area contributed by atoms with Crippen molar-refractivity contribution in [1.82, 2.24) is 4.98 Å². The van der Waals surface area contributed by atoms with Gasteiger partial charge >= 0.3 is 0 Å². The molecule has 0 saturated heterocycles. The number of halogens is 2.